The highest BCUT2D eigenvalue weighted by Gasteiger charge is 2.35. The molecule has 9 heteroatoms. The Morgan fingerprint density at radius 3 is 2.52 bits per heavy atom. The third kappa shape index (κ3) is 6.14. The highest BCUT2D eigenvalue weighted by molar-refractivity contribution is 9.10. The Bertz CT molecular complexity index is 1950. The van der Waals surface area contributed by atoms with E-state index in [1.165, 1.54) is 18.4 Å². The van der Waals surface area contributed by atoms with Crippen LogP contribution in [0, 0.1) is 12.3 Å². The van der Waals surface area contributed by atoms with Gasteiger partial charge >= 0.3 is 5.97 Å². The van der Waals surface area contributed by atoms with E-state index >= 15 is 0 Å². The second-order valence-electron chi connectivity index (χ2n) is 10.3. The molecular weight excluding hydrogens is 640 g/mol. The molecule has 0 amide bonds. The molecule has 1 aromatic heterocycles. The molecule has 0 unspecified atom stereocenters. The summed E-state index contributed by atoms with van der Waals surface area (Å²) in [6.07, 6.45) is 7.14. The second-order valence-corrected chi connectivity index (χ2v) is 12.1. The number of carbonyl (C=O) groups excluding carboxylic acids is 1. The molecule has 1 aliphatic heterocycles. The molecule has 2 heterocycles. The predicted octanol–water partition coefficient (Wildman–Crippen LogP) is 5.84. The number of carbonyl (C=O) groups is 1. The molecule has 1 aliphatic rings. The van der Waals surface area contributed by atoms with Gasteiger partial charge in [-0.05, 0) is 63.7 Å². The average Bonchev–Trinajstić information content (AvgIpc) is 3.34. The molecule has 0 saturated heterocycles. The fourth-order valence-electron chi connectivity index (χ4n) is 5.05. The van der Waals surface area contributed by atoms with E-state index in [9.17, 15) is 9.59 Å². The van der Waals surface area contributed by atoms with Gasteiger partial charge in [-0.15, -0.1) is 6.42 Å². The summed E-state index contributed by atoms with van der Waals surface area (Å²) in [5.74, 6) is 3.20. The number of hydrogen-bond donors (Lipinski definition) is 0. The lowest BCUT2D eigenvalue weighted by molar-refractivity contribution is -0.138. The Kier molecular flexibility index (Phi) is 9.52. The number of nitrogens with zero attached hydrogens (tertiary/aromatic N) is 2. The Morgan fingerprint density at radius 2 is 1.89 bits per heavy atom. The fraction of sp³-hybridized carbons (Fsp3) is 0.229. The standard InChI is InChI=1S/C35H31BrN2O5S/c1-6-17-43-32-26(36)18-22(19-27(32)41-5)20-28-33(39)38-31(25-15-13-23(14-16-25)21(3)4)29(34(40)42-7-2)30(37-35(38)44-28)24-11-9-8-10-12-24/h1,8-16,18-21,31H,7,17H2,2-5H3/b28-20-/t31-/m1/s1. The van der Waals surface area contributed by atoms with Gasteiger partial charge < -0.3 is 14.2 Å². The number of halogens is 1. The molecule has 3 aromatic carbocycles. The van der Waals surface area contributed by atoms with E-state index in [1.807, 2.05) is 60.7 Å². The van der Waals surface area contributed by atoms with Crippen molar-refractivity contribution in [2.75, 3.05) is 20.3 Å². The third-order valence-corrected chi connectivity index (χ3v) is 8.71. The molecule has 1 atom stereocenters. The van der Waals surface area contributed by atoms with Crippen molar-refractivity contribution in [1.29, 1.82) is 0 Å². The van der Waals surface area contributed by atoms with Crippen LogP contribution in [0.2, 0.25) is 0 Å². The first-order valence-corrected chi connectivity index (χ1v) is 15.7. The van der Waals surface area contributed by atoms with Gasteiger partial charge in [0.2, 0.25) is 0 Å². The molecule has 5 rings (SSSR count). The SMILES string of the molecule is C#CCOc1c(Br)cc(/C=c2\sc3n(c2=O)[C@H](c2ccc(C(C)C)cc2)C(C(=O)OCC)=C(c2ccccc2)N=3)cc1OC. The summed E-state index contributed by atoms with van der Waals surface area (Å²) in [4.78, 5) is 33.3. The molecule has 7 nitrogen and oxygen atoms in total. The van der Waals surface area contributed by atoms with Crippen molar-refractivity contribution < 1.29 is 19.0 Å². The van der Waals surface area contributed by atoms with Crippen LogP contribution in [0.1, 0.15) is 55.0 Å². The van der Waals surface area contributed by atoms with Crippen LogP contribution in [0.5, 0.6) is 11.5 Å². The van der Waals surface area contributed by atoms with Crippen molar-refractivity contribution >= 4 is 45.0 Å². The number of rotatable bonds is 9. The summed E-state index contributed by atoms with van der Waals surface area (Å²) in [6, 6.07) is 20.4. The molecule has 4 aromatic rings. The molecule has 0 spiro atoms. The third-order valence-electron chi connectivity index (χ3n) is 7.14. The molecule has 0 fully saturated rings. The highest BCUT2D eigenvalue weighted by Crippen LogP contribution is 2.38. The van der Waals surface area contributed by atoms with Crippen LogP contribution in [0.3, 0.4) is 0 Å². The van der Waals surface area contributed by atoms with Gasteiger partial charge in [-0.3, -0.25) is 9.36 Å². The summed E-state index contributed by atoms with van der Waals surface area (Å²) < 4.78 is 19.4. The van der Waals surface area contributed by atoms with Crippen LogP contribution in [-0.4, -0.2) is 30.9 Å². The summed E-state index contributed by atoms with van der Waals surface area (Å²) in [6.45, 7) is 6.27. The Morgan fingerprint density at radius 1 is 1.16 bits per heavy atom. The molecule has 224 valence electrons. The number of terminal acetylenes is 1. The van der Waals surface area contributed by atoms with Gasteiger partial charge in [-0.1, -0.05) is 85.7 Å². The highest BCUT2D eigenvalue weighted by atomic mass is 79.9. The topological polar surface area (TPSA) is 79.1 Å². The van der Waals surface area contributed by atoms with Crippen LogP contribution in [0.15, 0.2) is 86.6 Å². The van der Waals surface area contributed by atoms with Gasteiger partial charge in [-0.2, -0.15) is 0 Å². The number of benzene rings is 3. The minimum absolute atomic E-state index is 0.0810. The lowest BCUT2D eigenvalue weighted by Gasteiger charge is -2.26. The number of thiazole rings is 1. The smallest absolute Gasteiger partial charge is 0.338 e. The summed E-state index contributed by atoms with van der Waals surface area (Å²) in [5, 5.41) is 0. The summed E-state index contributed by atoms with van der Waals surface area (Å²) in [5.41, 5.74) is 3.92. The van der Waals surface area contributed by atoms with E-state index < -0.39 is 12.0 Å². The zero-order chi connectivity index (χ0) is 31.4. The number of esters is 1. The van der Waals surface area contributed by atoms with Gasteiger partial charge in [0.15, 0.2) is 16.3 Å². The number of methoxy groups -OCH3 is 1. The normalized spacial score (nSPS) is 14.6. The largest absolute Gasteiger partial charge is 0.493 e. The first-order valence-electron chi connectivity index (χ1n) is 14.1. The lowest BCUT2D eigenvalue weighted by Crippen LogP contribution is -2.40. The van der Waals surface area contributed by atoms with Crippen molar-refractivity contribution in [3.05, 3.63) is 119 Å². The van der Waals surface area contributed by atoms with Crippen LogP contribution >= 0.6 is 27.3 Å². The minimum atomic E-state index is -0.746. The van der Waals surface area contributed by atoms with Crippen molar-refractivity contribution in [2.45, 2.75) is 32.7 Å². The van der Waals surface area contributed by atoms with Gasteiger partial charge in [0.05, 0.1) is 40.0 Å². The van der Waals surface area contributed by atoms with Gasteiger partial charge in [-0.25, -0.2) is 9.79 Å². The average molecular weight is 672 g/mol. The van der Waals surface area contributed by atoms with E-state index in [4.69, 9.17) is 25.6 Å². The Labute approximate surface area is 268 Å². The molecule has 0 saturated carbocycles. The zero-order valence-electron chi connectivity index (χ0n) is 24.8. The van der Waals surface area contributed by atoms with Crippen molar-refractivity contribution in [3.8, 4) is 23.8 Å². The fourth-order valence-corrected chi connectivity index (χ4v) is 6.62. The Balaban J connectivity index is 1.77. The molecule has 0 radical (unpaired) electrons. The summed E-state index contributed by atoms with van der Waals surface area (Å²) in [7, 11) is 1.54. The van der Waals surface area contributed by atoms with Crippen LogP contribution < -0.4 is 24.4 Å². The molecule has 0 aliphatic carbocycles. The minimum Gasteiger partial charge on any atom is -0.493 e. The predicted molar refractivity (Wildman–Crippen MR) is 177 cm³/mol. The van der Waals surface area contributed by atoms with Gasteiger partial charge in [0.1, 0.15) is 6.61 Å². The lowest BCUT2D eigenvalue weighted by atomic mass is 9.91. The monoisotopic (exact) mass is 670 g/mol. The quantitative estimate of drug-likeness (QED) is 0.165. The number of aromatic nitrogens is 1. The maximum atomic E-state index is 14.2. The van der Waals surface area contributed by atoms with Crippen molar-refractivity contribution in [3.63, 3.8) is 0 Å². The van der Waals surface area contributed by atoms with E-state index in [1.54, 1.807) is 23.6 Å². The van der Waals surface area contributed by atoms with E-state index in [0.717, 1.165) is 16.7 Å². The maximum Gasteiger partial charge on any atom is 0.338 e. The number of hydrogen-bond acceptors (Lipinski definition) is 7. The Hall–Kier alpha value is -4.39. The maximum absolute atomic E-state index is 14.2. The molecular formula is C35H31BrN2O5S. The molecule has 44 heavy (non-hydrogen) atoms. The van der Waals surface area contributed by atoms with Crippen molar-refractivity contribution in [2.24, 2.45) is 4.99 Å². The van der Waals surface area contributed by atoms with Crippen LogP contribution in [0.4, 0.5) is 0 Å². The number of fused-ring (bicyclic) bond motifs is 1. The zero-order valence-corrected chi connectivity index (χ0v) is 27.2. The second kappa shape index (κ2) is 13.5. The first-order chi connectivity index (χ1) is 21.3. The van der Waals surface area contributed by atoms with Gasteiger partial charge in [0.25, 0.3) is 5.56 Å². The first kappa shape index (κ1) is 31.0. The van der Waals surface area contributed by atoms with E-state index in [-0.39, 0.29) is 18.8 Å². The number of ether oxygens (including phenoxy) is 3. The van der Waals surface area contributed by atoms with Crippen LogP contribution in [0.25, 0.3) is 11.8 Å². The van der Waals surface area contributed by atoms with Crippen LogP contribution in [-0.2, 0) is 9.53 Å². The summed E-state index contributed by atoms with van der Waals surface area (Å²) >= 11 is 4.79. The van der Waals surface area contributed by atoms with E-state index in [2.05, 4.69) is 35.7 Å². The molecule has 0 N–H and O–H groups in total. The molecule has 0 bridgehead atoms. The van der Waals surface area contributed by atoms with Gasteiger partial charge in [0, 0.05) is 5.56 Å². The van der Waals surface area contributed by atoms with Crippen molar-refractivity contribution in [1.82, 2.24) is 4.57 Å². The van der Waals surface area contributed by atoms with E-state index in [0.29, 0.717) is 48.1 Å².